The molecule has 0 N–H and O–H groups in total. The second kappa shape index (κ2) is 8.32. The average molecular weight is 286 g/mol. The first-order chi connectivity index (χ1) is 10.3. The molecule has 0 aliphatic heterocycles. The van der Waals surface area contributed by atoms with Crippen molar-refractivity contribution >= 4 is 0 Å². The molecule has 3 nitrogen and oxygen atoms in total. The second-order valence-corrected chi connectivity index (χ2v) is 4.74. The van der Waals surface area contributed by atoms with Crippen molar-refractivity contribution < 1.29 is 14.2 Å². The topological polar surface area (TPSA) is 27.7 Å². The third-order valence-electron chi connectivity index (χ3n) is 3.22. The molecule has 0 spiro atoms. The van der Waals surface area contributed by atoms with Gasteiger partial charge in [-0.3, -0.25) is 0 Å². The Morgan fingerprint density at radius 3 is 2.43 bits per heavy atom. The van der Waals surface area contributed by atoms with Gasteiger partial charge in [0, 0.05) is 12.7 Å². The molecule has 0 fully saturated rings. The summed E-state index contributed by atoms with van der Waals surface area (Å²) in [6.45, 7) is 3.75. The van der Waals surface area contributed by atoms with Gasteiger partial charge in [0.25, 0.3) is 0 Å². The average Bonchev–Trinajstić information content (AvgIpc) is 2.54. The van der Waals surface area contributed by atoms with E-state index in [4.69, 9.17) is 14.2 Å². The first kappa shape index (κ1) is 15.4. The minimum absolute atomic E-state index is 0.496. The molecule has 0 amide bonds. The number of hydrogen-bond acceptors (Lipinski definition) is 3. The van der Waals surface area contributed by atoms with Gasteiger partial charge in [-0.1, -0.05) is 37.3 Å². The third kappa shape index (κ3) is 4.80. The number of hydrogen-bond donors (Lipinski definition) is 0. The van der Waals surface area contributed by atoms with Gasteiger partial charge in [-0.25, -0.2) is 0 Å². The van der Waals surface area contributed by atoms with Crippen LogP contribution in [0.4, 0.5) is 0 Å². The van der Waals surface area contributed by atoms with Gasteiger partial charge in [-0.2, -0.15) is 0 Å². The number of rotatable bonds is 8. The number of para-hydroxylation sites is 1. The molecule has 0 saturated heterocycles. The van der Waals surface area contributed by atoms with Gasteiger partial charge >= 0.3 is 0 Å². The van der Waals surface area contributed by atoms with E-state index in [1.807, 2.05) is 30.3 Å². The van der Waals surface area contributed by atoms with E-state index >= 15 is 0 Å². The Labute approximate surface area is 126 Å². The highest BCUT2D eigenvalue weighted by Gasteiger charge is 2.06. The van der Waals surface area contributed by atoms with E-state index in [0.717, 1.165) is 23.5 Å². The van der Waals surface area contributed by atoms with Crippen molar-refractivity contribution in [2.75, 3.05) is 20.3 Å². The molecule has 0 radical (unpaired) electrons. The van der Waals surface area contributed by atoms with Gasteiger partial charge in [0.05, 0.1) is 6.61 Å². The predicted octanol–water partition coefficient (Wildman–Crippen LogP) is 3.85. The minimum atomic E-state index is 0.496. The lowest BCUT2D eigenvalue weighted by atomic mass is 10.1. The fourth-order valence-corrected chi connectivity index (χ4v) is 1.99. The molecule has 0 unspecified atom stereocenters. The van der Waals surface area contributed by atoms with Crippen LogP contribution in [-0.4, -0.2) is 20.3 Å². The molecule has 0 bridgehead atoms. The maximum Gasteiger partial charge on any atom is 0.126 e. The van der Waals surface area contributed by atoms with Crippen molar-refractivity contribution in [2.24, 2.45) is 0 Å². The van der Waals surface area contributed by atoms with Crippen LogP contribution in [0.5, 0.6) is 11.5 Å². The molecule has 2 aromatic rings. The second-order valence-electron chi connectivity index (χ2n) is 4.74. The summed E-state index contributed by atoms with van der Waals surface area (Å²) in [5.41, 5.74) is 2.30. The van der Waals surface area contributed by atoms with Crippen molar-refractivity contribution in [1.82, 2.24) is 0 Å². The first-order valence-electron chi connectivity index (χ1n) is 7.25. The zero-order valence-electron chi connectivity index (χ0n) is 12.7. The van der Waals surface area contributed by atoms with Crippen molar-refractivity contribution in [3.63, 3.8) is 0 Å². The van der Waals surface area contributed by atoms with Crippen LogP contribution in [0.1, 0.15) is 18.1 Å². The summed E-state index contributed by atoms with van der Waals surface area (Å²) in [6.07, 6.45) is 0.987. The summed E-state index contributed by atoms with van der Waals surface area (Å²) in [7, 11) is 1.67. The smallest absolute Gasteiger partial charge is 0.126 e. The van der Waals surface area contributed by atoms with Gasteiger partial charge in [0.15, 0.2) is 0 Å². The number of benzene rings is 2. The molecule has 3 heteroatoms. The van der Waals surface area contributed by atoms with Gasteiger partial charge in [-0.15, -0.1) is 0 Å². The van der Waals surface area contributed by atoms with E-state index in [1.165, 1.54) is 5.56 Å². The zero-order chi connectivity index (χ0) is 14.9. The number of methoxy groups -OCH3 is 1. The Bertz CT molecular complexity index is 537. The Hall–Kier alpha value is -2.00. The SMILES string of the molecule is CCc1ccc(COc2ccccc2)c(OCCOC)c1. The maximum absolute atomic E-state index is 5.80. The lowest BCUT2D eigenvalue weighted by Crippen LogP contribution is -2.07. The lowest BCUT2D eigenvalue weighted by molar-refractivity contribution is 0.144. The Balaban J connectivity index is 2.05. The highest BCUT2D eigenvalue weighted by Crippen LogP contribution is 2.23. The van der Waals surface area contributed by atoms with E-state index in [2.05, 4.69) is 25.1 Å². The summed E-state index contributed by atoms with van der Waals surface area (Å²) >= 11 is 0. The standard InChI is InChI=1S/C18H22O3/c1-3-15-9-10-16(18(13-15)20-12-11-19-2)14-21-17-7-5-4-6-8-17/h4-10,13H,3,11-12,14H2,1-2H3. The quantitative estimate of drug-likeness (QED) is 0.690. The lowest BCUT2D eigenvalue weighted by Gasteiger charge is -2.13. The van der Waals surface area contributed by atoms with Crippen LogP contribution in [-0.2, 0) is 17.8 Å². The maximum atomic E-state index is 5.80. The van der Waals surface area contributed by atoms with Crippen LogP contribution in [0.15, 0.2) is 48.5 Å². The fraction of sp³-hybridized carbons (Fsp3) is 0.333. The van der Waals surface area contributed by atoms with Crippen molar-refractivity contribution in [3.8, 4) is 11.5 Å². The van der Waals surface area contributed by atoms with Gasteiger partial charge in [-0.05, 0) is 30.2 Å². The van der Waals surface area contributed by atoms with Gasteiger partial charge in [0.2, 0.25) is 0 Å². The zero-order valence-corrected chi connectivity index (χ0v) is 12.7. The van der Waals surface area contributed by atoms with E-state index in [0.29, 0.717) is 19.8 Å². The molecule has 0 aromatic heterocycles. The highest BCUT2D eigenvalue weighted by molar-refractivity contribution is 5.37. The van der Waals surface area contributed by atoms with Crippen molar-refractivity contribution in [3.05, 3.63) is 59.7 Å². The molecule has 0 aliphatic rings. The van der Waals surface area contributed by atoms with Crippen LogP contribution in [0, 0.1) is 0 Å². The summed E-state index contributed by atoms with van der Waals surface area (Å²) < 4.78 is 16.6. The monoisotopic (exact) mass is 286 g/mol. The number of ether oxygens (including phenoxy) is 3. The highest BCUT2D eigenvalue weighted by atomic mass is 16.5. The predicted molar refractivity (Wildman–Crippen MR) is 84.0 cm³/mol. The van der Waals surface area contributed by atoms with E-state index in [9.17, 15) is 0 Å². The molecule has 0 heterocycles. The molecular formula is C18H22O3. The third-order valence-corrected chi connectivity index (χ3v) is 3.22. The van der Waals surface area contributed by atoms with Gasteiger partial charge in [0.1, 0.15) is 24.7 Å². The Morgan fingerprint density at radius 1 is 0.905 bits per heavy atom. The Morgan fingerprint density at radius 2 is 1.71 bits per heavy atom. The van der Waals surface area contributed by atoms with Crippen LogP contribution in [0.25, 0.3) is 0 Å². The summed E-state index contributed by atoms with van der Waals surface area (Å²) in [5, 5.41) is 0. The molecule has 0 atom stereocenters. The fourth-order valence-electron chi connectivity index (χ4n) is 1.99. The van der Waals surface area contributed by atoms with Gasteiger partial charge < -0.3 is 14.2 Å². The van der Waals surface area contributed by atoms with E-state index in [1.54, 1.807) is 7.11 Å². The summed E-state index contributed by atoms with van der Waals surface area (Å²) in [6, 6.07) is 16.1. The summed E-state index contributed by atoms with van der Waals surface area (Å²) in [5.74, 6) is 1.74. The number of aryl methyl sites for hydroxylation is 1. The molecule has 2 aromatic carbocycles. The molecule has 0 saturated carbocycles. The largest absolute Gasteiger partial charge is 0.491 e. The normalized spacial score (nSPS) is 10.4. The molecular weight excluding hydrogens is 264 g/mol. The van der Waals surface area contributed by atoms with Crippen LogP contribution >= 0.6 is 0 Å². The minimum Gasteiger partial charge on any atom is -0.491 e. The van der Waals surface area contributed by atoms with Crippen molar-refractivity contribution in [1.29, 1.82) is 0 Å². The molecule has 0 aliphatic carbocycles. The van der Waals surface area contributed by atoms with Crippen molar-refractivity contribution in [2.45, 2.75) is 20.0 Å². The Kier molecular flexibility index (Phi) is 6.10. The first-order valence-corrected chi connectivity index (χ1v) is 7.25. The summed E-state index contributed by atoms with van der Waals surface area (Å²) in [4.78, 5) is 0. The van der Waals surface area contributed by atoms with Crippen LogP contribution in [0.2, 0.25) is 0 Å². The van der Waals surface area contributed by atoms with E-state index in [-0.39, 0.29) is 0 Å². The van der Waals surface area contributed by atoms with Crippen LogP contribution < -0.4 is 9.47 Å². The molecule has 2 rings (SSSR count). The van der Waals surface area contributed by atoms with E-state index < -0.39 is 0 Å². The molecule has 21 heavy (non-hydrogen) atoms. The molecule has 112 valence electrons. The van der Waals surface area contributed by atoms with Crippen LogP contribution in [0.3, 0.4) is 0 Å².